The average Bonchev–Trinajstić information content (AvgIpc) is 3.19. The summed E-state index contributed by atoms with van der Waals surface area (Å²) in [6.07, 6.45) is 3.50. The van der Waals surface area contributed by atoms with Gasteiger partial charge in [0.15, 0.2) is 0 Å². The summed E-state index contributed by atoms with van der Waals surface area (Å²) in [7, 11) is 0. The Morgan fingerprint density at radius 3 is 2.72 bits per heavy atom. The van der Waals surface area contributed by atoms with Crippen molar-refractivity contribution in [1.29, 1.82) is 0 Å². The molecule has 0 aliphatic carbocycles. The molecule has 2 rings (SSSR count). The molecule has 3 amide bonds. The fourth-order valence-electron chi connectivity index (χ4n) is 2.37. The molecule has 0 atom stereocenters. The SMILES string of the molecule is CCCCNC(=O)NC(=O)CN(Cc1ccco1)Cc1ccc(C)s1. The molecule has 0 fully saturated rings. The number of hydrogen-bond donors (Lipinski definition) is 2. The van der Waals surface area contributed by atoms with Crippen LogP contribution in [0, 0.1) is 6.92 Å². The number of nitrogens with zero attached hydrogens (tertiary/aromatic N) is 1. The summed E-state index contributed by atoms with van der Waals surface area (Å²) in [5.74, 6) is 0.460. The molecule has 6 nitrogen and oxygen atoms in total. The van der Waals surface area contributed by atoms with Crippen molar-refractivity contribution in [2.24, 2.45) is 0 Å². The standard InChI is InChI=1S/C18H25N3O3S/c1-3-4-9-19-18(23)20-17(22)13-21(11-15-6-5-10-24-15)12-16-8-7-14(2)25-16/h5-8,10H,3-4,9,11-13H2,1-2H3,(H2,19,20,22,23). The molecule has 2 aromatic heterocycles. The number of unbranched alkanes of at least 4 members (excludes halogenated alkanes) is 1. The van der Waals surface area contributed by atoms with Crippen molar-refractivity contribution in [2.45, 2.75) is 39.8 Å². The Morgan fingerprint density at radius 1 is 1.24 bits per heavy atom. The average molecular weight is 363 g/mol. The van der Waals surface area contributed by atoms with Gasteiger partial charge in [0.05, 0.1) is 19.4 Å². The van der Waals surface area contributed by atoms with E-state index in [-0.39, 0.29) is 12.5 Å². The number of nitrogens with one attached hydrogen (secondary N) is 2. The van der Waals surface area contributed by atoms with Crippen molar-refractivity contribution in [1.82, 2.24) is 15.5 Å². The highest BCUT2D eigenvalue weighted by Crippen LogP contribution is 2.18. The molecular weight excluding hydrogens is 338 g/mol. The molecule has 0 spiro atoms. The molecule has 2 heterocycles. The zero-order valence-corrected chi connectivity index (χ0v) is 15.5. The molecule has 0 saturated carbocycles. The molecular formula is C18H25N3O3S. The van der Waals surface area contributed by atoms with Gasteiger partial charge in [0.25, 0.3) is 0 Å². The minimum absolute atomic E-state index is 0.124. The number of aryl methyl sites for hydroxylation is 1. The summed E-state index contributed by atoms with van der Waals surface area (Å²) in [4.78, 5) is 28.2. The van der Waals surface area contributed by atoms with Crippen LogP contribution in [-0.4, -0.2) is 29.9 Å². The van der Waals surface area contributed by atoms with Gasteiger partial charge in [-0.25, -0.2) is 4.79 Å². The van der Waals surface area contributed by atoms with Crippen molar-refractivity contribution in [3.63, 3.8) is 0 Å². The molecule has 0 saturated heterocycles. The Balaban J connectivity index is 1.90. The minimum Gasteiger partial charge on any atom is -0.468 e. The highest BCUT2D eigenvalue weighted by atomic mass is 32.1. The molecule has 0 bridgehead atoms. The van der Waals surface area contributed by atoms with Crippen LogP contribution in [0.1, 0.15) is 35.3 Å². The topological polar surface area (TPSA) is 74.6 Å². The van der Waals surface area contributed by atoms with Crippen LogP contribution in [0.25, 0.3) is 0 Å². The van der Waals surface area contributed by atoms with Crippen molar-refractivity contribution in [2.75, 3.05) is 13.1 Å². The number of furan rings is 1. The van der Waals surface area contributed by atoms with Crippen LogP contribution in [0.5, 0.6) is 0 Å². The van der Waals surface area contributed by atoms with Crippen molar-refractivity contribution in [3.05, 3.63) is 46.0 Å². The Hall–Kier alpha value is -2.12. The van der Waals surface area contributed by atoms with Gasteiger partial charge in [0.1, 0.15) is 5.76 Å². The van der Waals surface area contributed by atoms with Crippen LogP contribution in [0.15, 0.2) is 34.9 Å². The lowest BCUT2D eigenvalue weighted by Crippen LogP contribution is -2.44. The summed E-state index contributed by atoms with van der Waals surface area (Å²) in [6, 6.07) is 7.38. The number of hydrogen-bond acceptors (Lipinski definition) is 5. The molecule has 2 N–H and O–H groups in total. The van der Waals surface area contributed by atoms with Crippen LogP contribution < -0.4 is 10.6 Å². The minimum atomic E-state index is -0.441. The van der Waals surface area contributed by atoms with Crippen LogP contribution >= 0.6 is 11.3 Å². The maximum absolute atomic E-state index is 12.2. The number of carbonyl (C=O) groups is 2. The Kier molecular flexibility index (Phi) is 7.69. The smallest absolute Gasteiger partial charge is 0.321 e. The van der Waals surface area contributed by atoms with E-state index in [9.17, 15) is 9.59 Å². The molecule has 2 aromatic rings. The summed E-state index contributed by atoms with van der Waals surface area (Å²) >= 11 is 1.70. The third-order valence-electron chi connectivity index (χ3n) is 3.57. The van der Waals surface area contributed by atoms with Gasteiger partial charge in [0.2, 0.25) is 5.91 Å². The predicted octanol–water partition coefficient (Wildman–Crippen LogP) is 3.28. The van der Waals surface area contributed by atoms with Gasteiger partial charge in [-0.3, -0.25) is 15.0 Å². The largest absolute Gasteiger partial charge is 0.468 e. The number of imide groups is 1. The molecule has 0 unspecified atom stereocenters. The quantitative estimate of drug-likeness (QED) is 0.671. The van der Waals surface area contributed by atoms with E-state index in [1.54, 1.807) is 17.6 Å². The molecule has 0 radical (unpaired) electrons. The molecule has 136 valence electrons. The second kappa shape index (κ2) is 10.0. The van der Waals surface area contributed by atoms with Gasteiger partial charge in [-0.1, -0.05) is 13.3 Å². The van der Waals surface area contributed by atoms with Gasteiger partial charge in [-0.2, -0.15) is 0 Å². The van der Waals surface area contributed by atoms with Crippen molar-refractivity contribution in [3.8, 4) is 0 Å². The first-order valence-corrected chi connectivity index (χ1v) is 9.26. The maximum atomic E-state index is 12.2. The fourth-order valence-corrected chi connectivity index (χ4v) is 3.31. The van der Waals surface area contributed by atoms with Gasteiger partial charge in [-0.05, 0) is 37.6 Å². The van der Waals surface area contributed by atoms with Gasteiger partial charge >= 0.3 is 6.03 Å². The van der Waals surface area contributed by atoms with E-state index in [2.05, 4.69) is 29.7 Å². The van der Waals surface area contributed by atoms with Gasteiger partial charge in [-0.15, -0.1) is 11.3 Å². The molecule has 0 aliphatic rings. The summed E-state index contributed by atoms with van der Waals surface area (Å²) in [5.41, 5.74) is 0. The number of amides is 3. The van der Waals surface area contributed by atoms with E-state index in [1.165, 1.54) is 9.75 Å². The zero-order valence-electron chi connectivity index (χ0n) is 14.7. The van der Waals surface area contributed by atoms with Crippen LogP contribution in [0.4, 0.5) is 4.79 Å². The molecule has 0 aromatic carbocycles. The number of rotatable bonds is 9. The lowest BCUT2D eigenvalue weighted by Gasteiger charge is -2.19. The maximum Gasteiger partial charge on any atom is 0.321 e. The molecule has 0 aliphatic heterocycles. The van der Waals surface area contributed by atoms with E-state index < -0.39 is 6.03 Å². The first-order chi connectivity index (χ1) is 12.1. The number of thiophene rings is 1. The number of urea groups is 1. The van der Waals surface area contributed by atoms with Crippen molar-refractivity contribution < 1.29 is 14.0 Å². The van der Waals surface area contributed by atoms with Gasteiger partial charge in [0, 0.05) is 22.8 Å². The second-order valence-electron chi connectivity index (χ2n) is 5.89. The highest BCUT2D eigenvalue weighted by molar-refractivity contribution is 7.11. The Labute approximate surface area is 152 Å². The lowest BCUT2D eigenvalue weighted by atomic mass is 10.3. The van der Waals surface area contributed by atoms with E-state index in [0.717, 1.165) is 18.6 Å². The number of carbonyl (C=O) groups excluding carboxylic acids is 2. The van der Waals surface area contributed by atoms with Crippen LogP contribution in [-0.2, 0) is 17.9 Å². The predicted molar refractivity (Wildman–Crippen MR) is 98.3 cm³/mol. The van der Waals surface area contributed by atoms with E-state index in [0.29, 0.717) is 19.6 Å². The normalized spacial score (nSPS) is 10.8. The van der Waals surface area contributed by atoms with Crippen LogP contribution in [0.3, 0.4) is 0 Å². The van der Waals surface area contributed by atoms with Crippen LogP contribution in [0.2, 0.25) is 0 Å². The summed E-state index contributed by atoms with van der Waals surface area (Å²) in [5, 5.41) is 5.06. The van der Waals surface area contributed by atoms with Crippen molar-refractivity contribution >= 4 is 23.3 Å². The fraction of sp³-hybridized carbons (Fsp3) is 0.444. The molecule has 7 heteroatoms. The monoisotopic (exact) mass is 363 g/mol. The first kappa shape index (κ1) is 19.2. The summed E-state index contributed by atoms with van der Waals surface area (Å²) < 4.78 is 5.39. The zero-order chi connectivity index (χ0) is 18.1. The van der Waals surface area contributed by atoms with Gasteiger partial charge < -0.3 is 9.73 Å². The first-order valence-electron chi connectivity index (χ1n) is 8.44. The van der Waals surface area contributed by atoms with E-state index in [1.807, 2.05) is 24.0 Å². The second-order valence-corrected chi connectivity index (χ2v) is 7.27. The lowest BCUT2D eigenvalue weighted by molar-refractivity contribution is -0.121. The third kappa shape index (κ3) is 7.11. The Bertz CT molecular complexity index is 667. The Morgan fingerprint density at radius 2 is 2.08 bits per heavy atom. The molecule has 25 heavy (non-hydrogen) atoms. The third-order valence-corrected chi connectivity index (χ3v) is 4.56. The van der Waals surface area contributed by atoms with E-state index in [4.69, 9.17) is 4.42 Å². The highest BCUT2D eigenvalue weighted by Gasteiger charge is 2.16. The van der Waals surface area contributed by atoms with E-state index >= 15 is 0 Å². The summed E-state index contributed by atoms with van der Waals surface area (Å²) in [6.45, 7) is 5.93.